The zero-order chi connectivity index (χ0) is 17.1. The second kappa shape index (κ2) is 7.26. The van der Waals surface area contributed by atoms with Gasteiger partial charge < -0.3 is 4.90 Å². The van der Waals surface area contributed by atoms with E-state index in [-0.39, 0.29) is 5.82 Å². The van der Waals surface area contributed by atoms with Crippen LogP contribution in [0.15, 0.2) is 30.3 Å². The summed E-state index contributed by atoms with van der Waals surface area (Å²) in [6.07, 6.45) is 0. The number of halogens is 1. The van der Waals surface area contributed by atoms with Crippen molar-refractivity contribution in [3.63, 3.8) is 0 Å². The molecule has 1 saturated heterocycles. The van der Waals surface area contributed by atoms with Crippen LogP contribution in [0.2, 0.25) is 0 Å². The van der Waals surface area contributed by atoms with Crippen molar-refractivity contribution >= 4 is 5.82 Å². The van der Waals surface area contributed by atoms with Gasteiger partial charge in [0.25, 0.3) is 0 Å². The number of anilines is 1. The Morgan fingerprint density at radius 2 is 1.79 bits per heavy atom. The number of aromatic nitrogens is 2. The Morgan fingerprint density at radius 3 is 2.46 bits per heavy atom. The summed E-state index contributed by atoms with van der Waals surface area (Å²) < 4.78 is 13.8. The van der Waals surface area contributed by atoms with Gasteiger partial charge in [-0.3, -0.25) is 4.90 Å². The molecule has 3 rings (SSSR count). The van der Waals surface area contributed by atoms with Gasteiger partial charge >= 0.3 is 0 Å². The molecule has 2 heterocycles. The Hall–Kier alpha value is -2.01. The van der Waals surface area contributed by atoms with E-state index in [1.807, 2.05) is 19.1 Å². The first-order valence-corrected chi connectivity index (χ1v) is 8.59. The summed E-state index contributed by atoms with van der Waals surface area (Å²) in [5, 5.41) is 0. The van der Waals surface area contributed by atoms with Crippen LogP contribution in [0.1, 0.15) is 36.8 Å². The number of hydrogen-bond acceptors (Lipinski definition) is 4. The largest absolute Gasteiger partial charge is 0.354 e. The molecule has 1 aromatic carbocycles. The molecule has 0 N–H and O–H groups in total. The molecule has 0 unspecified atom stereocenters. The summed E-state index contributed by atoms with van der Waals surface area (Å²) in [7, 11) is 0. The van der Waals surface area contributed by atoms with E-state index in [1.54, 1.807) is 6.07 Å². The third-order valence-corrected chi connectivity index (χ3v) is 4.42. The molecule has 24 heavy (non-hydrogen) atoms. The van der Waals surface area contributed by atoms with Crippen LogP contribution in [0.3, 0.4) is 0 Å². The van der Waals surface area contributed by atoms with Crippen LogP contribution in [0.25, 0.3) is 0 Å². The van der Waals surface area contributed by atoms with Crippen molar-refractivity contribution in [2.24, 2.45) is 0 Å². The van der Waals surface area contributed by atoms with Crippen molar-refractivity contribution in [1.29, 1.82) is 0 Å². The number of nitrogens with zero attached hydrogens (tertiary/aromatic N) is 4. The molecule has 0 amide bonds. The number of benzene rings is 1. The van der Waals surface area contributed by atoms with Crippen molar-refractivity contribution in [2.45, 2.75) is 33.2 Å². The summed E-state index contributed by atoms with van der Waals surface area (Å²) in [6.45, 7) is 10.6. The number of hydrogen-bond donors (Lipinski definition) is 0. The Bertz CT molecular complexity index is 694. The number of piperazine rings is 1. The molecule has 0 aliphatic carbocycles. The van der Waals surface area contributed by atoms with Crippen LogP contribution in [-0.4, -0.2) is 41.0 Å². The standard InChI is InChI=1S/C19H25FN4/c1-14(2)19-21-15(3)12-18(22-19)24-10-8-23(9-11-24)13-16-6-4-5-7-17(16)20/h4-7,12,14H,8-11,13H2,1-3H3. The summed E-state index contributed by atoms with van der Waals surface area (Å²) in [5.41, 5.74) is 1.78. The van der Waals surface area contributed by atoms with E-state index >= 15 is 0 Å². The molecule has 1 aliphatic heterocycles. The lowest BCUT2D eigenvalue weighted by molar-refractivity contribution is 0.246. The average Bonchev–Trinajstić information content (AvgIpc) is 2.57. The minimum absolute atomic E-state index is 0.118. The summed E-state index contributed by atoms with van der Waals surface area (Å²) in [5.74, 6) is 2.12. The first-order valence-electron chi connectivity index (χ1n) is 8.59. The van der Waals surface area contributed by atoms with Gasteiger partial charge in [0.1, 0.15) is 17.5 Å². The maximum Gasteiger partial charge on any atom is 0.133 e. The molecule has 1 aromatic heterocycles. The van der Waals surface area contributed by atoms with E-state index in [2.05, 4.69) is 34.7 Å². The van der Waals surface area contributed by atoms with Crippen LogP contribution in [0, 0.1) is 12.7 Å². The smallest absolute Gasteiger partial charge is 0.133 e. The molecule has 128 valence electrons. The van der Waals surface area contributed by atoms with Crippen molar-refractivity contribution < 1.29 is 4.39 Å². The molecule has 1 aliphatic rings. The highest BCUT2D eigenvalue weighted by Crippen LogP contribution is 2.19. The minimum atomic E-state index is -0.118. The van der Waals surface area contributed by atoms with Crippen LogP contribution in [0.4, 0.5) is 10.2 Å². The molecular weight excluding hydrogens is 303 g/mol. The Balaban J connectivity index is 1.64. The Kier molecular flexibility index (Phi) is 5.09. The molecular formula is C19H25FN4. The maximum atomic E-state index is 13.8. The molecule has 5 heteroatoms. The Morgan fingerprint density at radius 1 is 1.08 bits per heavy atom. The van der Waals surface area contributed by atoms with Crippen molar-refractivity contribution in [3.05, 3.63) is 53.2 Å². The van der Waals surface area contributed by atoms with Gasteiger partial charge in [-0.2, -0.15) is 0 Å². The minimum Gasteiger partial charge on any atom is -0.354 e. The summed E-state index contributed by atoms with van der Waals surface area (Å²) >= 11 is 0. The fourth-order valence-electron chi connectivity index (χ4n) is 3.00. The molecule has 0 bridgehead atoms. The topological polar surface area (TPSA) is 32.3 Å². The highest BCUT2D eigenvalue weighted by Gasteiger charge is 2.20. The highest BCUT2D eigenvalue weighted by atomic mass is 19.1. The van der Waals surface area contributed by atoms with Gasteiger partial charge in [0.05, 0.1) is 0 Å². The fraction of sp³-hybridized carbons (Fsp3) is 0.474. The molecule has 0 radical (unpaired) electrons. The lowest BCUT2D eigenvalue weighted by Crippen LogP contribution is -2.46. The molecule has 0 spiro atoms. The summed E-state index contributed by atoms with van der Waals surface area (Å²) in [4.78, 5) is 13.8. The van der Waals surface area contributed by atoms with Crippen LogP contribution in [0.5, 0.6) is 0 Å². The van der Waals surface area contributed by atoms with E-state index in [9.17, 15) is 4.39 Å². The van der Waals surface area contributed by atoms with E-state index in [0.717, 1.165) is 49.1 Å². The monoisotopic (exact) mass is 328 g/mol. The van der Waals surface area contributed by atoms with Gasteiger partial charge in [-0.1, -0.05) is 32.0 Å². The van der Waals surface area contributed by atoms with E-state index in [0.29, 0.717) is 12.5 Å². The summed E-state index contributed by atoms with van der Waals surface area (Å²) in [6, 6.07) is 9.08. The molecule has 2 aromatic rings. The van der Waals surface area contributed by atoms with E-state index < -0.39 is 0 Å². The zero-order valence-electron chi connectivity index (χ0n) is 14.7. The van der Waals surface area contributed by atoms with Crippen LogP contribution < -0.4 is 4.90 Å². The fourth-order valence-corrected chi connectivity index (χ4v) is 3.00. The normalized spacial score (nSPS) is 16.0. The second-order valence-electron chi connectivity index (χ2n) is 6.74. The van der Waals surface area contributed by atoms with Crippen molar-refractivity contribution in [2.75, 3.05) is 31.1 Å². The average molecular weight is 328 g/mol. The van der Waals surface area contributed by atoms with Crippen LogP contribution in [-0.2, 0) is 6.54 Å². The lowest BCUT2D eigenvalue weighted by atomic mass is 10.2. The number of aryl methyl sites for hydroxylation is 1. The van der Waals surface area contributed by atoms with Gasteiger partial charge in [0.2, 0.25) is 0 Å². The first-order chi connectivity index (χ1) is 11.5. The van der Waals surface area contributed by atoms with Gasteiger partial charge in [-0.05, 0) is 13.0 Å². The van der Waals surface area contributed by atoms with E-state index in [1.165, 1.54) is 6.07 Å². The zero-order valence-corrected chi connectivity index (χ0v) is 14.7. The van der Waals surface area contributed by atoms with Crippen molar-refractivity contribution in [3.8, 4) is 0 Å². The SMILES string of the molecule is Cc1cc(N2CCN(Cc3ccccc3F)CC2)nc(C(C)C)n1. The van der Waals surface area contributed by atoms with E-state index in [4.69, 9.17) is 4.98 Å². The predicted molar refractivity (Wildman–Crippen MR) is 94.7 cm³/mol. The van der Waals surface area contributed by atoms with Gasteiger partial charge in [0, 0.05) is 56.0 Å². The predicted octanol–water partition coefficient (Wildman–Crippen LogP) is 3.37. The number of rotatable bonds is 4. The third kappa shape index (κ3) is 3.90. The highest BCUT2D eigenvalue weighted by molar-refractivity contribution is 5.40. The van der Waals surface area contributed by atoms with Gasteiger partial charge in [-0.15, -0.1) is 0 Å². The molecule has 1 fully saturated rings. The second-order valence-corrected chi connectivity index (χ2v) is 6.74. The van der Waals surface area contributed by atoms with Crippen molar-refractivity contribution in [1.82, 2.24) is 14.9 Å². The quantitative estimate of drug-likeness (QED) is 0.861. The molecule has 0 saturated carbocycles. The van der Waals surface area contributed by atoms with Crippen LogP contribution >= 0.6 is 0 Å². The van der Waals surface area contributed by atoms with Gasteiger partial charge in [0.15, 0.2) is 0 Å². The Labute approximate surface area is 143 Å². The third-order valence-electron chi connectivity index (χ3n) is 4.42. The molecule has 0 atom stereocenters. The first kappa shape index (κ1) is 16.8. The maximum absolute atomic E-state index is 13.8. The lowest BCUT2D eigenvalue weighted by Gasteiger charge is -2.35. The van der Waals surface area contributed by atoms with Gasteiger partial charge in [-0.25, -0.2) is 14.4 Å². The molecule has 4 nitrogen and oxygen atoms in total.